The van der Waals surface area contributed by atoms with Crippen molar-refractivity contribution in [3.05, 3.63) is 58.6 Å². The van der Waals surface area contributed by atoms with Crippen LogP contribution in [0.4, 0.5) is 11.4 Å². The van der Waals surface area contributed by atoms with Gasteiger partial charge in [0.2, 0.25) is 5.91 Å². The molecule has 1 aliphatic rings. The van der Waals surface area contributed by atoms with Gasteiger partial charge in [0.05, 0.1) is 23.2 Å². The number of nitrogen functional groups attached to an aromatic ring is 1. The van der Waals surface area contributed by atoms with E-state index in [9.17, 15) is 14.7 Å². The number of para-hydroxylation sites is 1. The number of aliphatic hydroxyl groups is 1. The predicted molar refractivity (Wildman–Crippen MR) is 101 cm³/mol. The zero-order chi connectivity index (χ0) is 18.8. The van der Waals surface area contributed by atoms with Gasteiger partial charge in [0, 0.05) is 31.4 Å². The number of rotatable bonds is 2. The van der Waals surface area contributed by atoms with Gasteiger partial charge < -0.3 is 20.6 Å². The number of aliphatic hydroxyl groups excluding tert-OH is 1. The number of carbonyl (C=O) groups excluding carboxylic acids is 2. The Labute approximate surface area is 156 Å². The minimum atomic E-state index is -0.503. The average molecular weight is 374 g/mol. The lowest BCUT2D eigenvalue weighted by atomic mass is 10.1. The number of nitrogens with zero attached hydrogens (tertiary/aromatic N) is 2. The Morgan fingerprint density at radius 2 is 2.00 bits per heavy atom. The molecule has 0 saturated heterocycles. The topological polar surface area (TPSA) is 86.9 Å². The number of hydrogen-bond donors (Lipinski definition) is 2. The summed E-state index contributed by atoms with van der Waals surface area (Å²) in [6, 6.07) is 11.6. The van der Waals surface area contributed by atoms with E-state index in [2.05, 4.69) is 0 Å². The maximum atomic E-state index is 13.2. The second kappa shape index (κ2) is 7.35. The van der Waals surface area contributed by atoms with Crippen LogP contribution >= 0.6 is 11.6 Å². The second-order valence-corrected chi connectivity index (χ2v) is 6.67. The summed E-state index contributed by atoms with van der Waals surface area (Å²) in [5, 5.41) is 10.1. The number of fused-ring (bicyclic) bond motifs is 1. The molecule has 0 saturated carbocycles. The van der Waals surface area contributed by atoms with Crippen LogP contribution in [0.3, 0.4) is 0 Å². The number of hydrogen-bond acceptors (Lipinski definition) is 4. The van der Waals surface area contributed by atoms with Crippen LogP contribution in [0.2, 0.25) is 5.02 Å². The third-order valence-electron chi connectivity index (χ3n) is 4.54. The SMILES string of the molecule is CC(=O)N1Cc2ccccc2N(C(=O)c2ccc(N)cc2Cl)CC1CO. The Balaban J connectivity index is 2.07. The normalized spacial score (nSPS) is 16.8. The fraction of sp³-hybridized carbons (Fsp3) is 0.263. The molecule has 1 unspecified atom stereocenters. The van der Waals surface area contributed by atoms with Crippen LogP contribution in [-0.4, -0.2) is 41.0 Å². The van der Waals surface area contributed by atoms with Crippen LogP contribution in [0.1, 0.15) is 22.8 Å². The first-order chi connectivity index (χ1) is 12.4. The molecule has 1 heterocycles. The lowest BCUT2D eigenvalue weighted by molar-refractivity contribution is -0.132. The molecule has 3 N–H and O–H groups in total. The van der Waals surface area contributed by atoms with Gasteiger partial charge >= 0.3 is 0 Å². The molecule has 1 aliphatic heterocycles. The highest BCUT2D eigenvalue weighted by Gasteiger charge is 2.32. The van der Waals surface area contributed by atoms with Crippen LogP contribution < -0.4 is 10.6 Å². The zero-order valence-electron chi connectivity index (χ0n) is 14.4. The molecule has 0 spiro atoms. The van der Waals surface area contributed by atoms with Crippen molar-refractivity contribution in [2.45, 2.75) is 19.5 Å². The van der Waals surface area contributed by atoms with E-state index in [1.165, 1.54) is 13.0 Å². The van der Waals surface area contributed by atoms with Crippen LogP contribution in [0.25, 0.3) is 0 Å². The van der Waals surface area contributed by atoms with E-state index in [0.717, 1.165) is 5.56 Å². The third kappa shape index (κ3) is 3.38. The Morgan fingerprint density at radius 1 is 1.27 bits per heavy atom. The predicted octanol–water partition coefficient (Wildman–Crippen LogP) is 2.29. The van der Waals surface area contributed by atoms with Gasteiger partial charge in [0.1, 0.15) is 0 Å². The van der Waals surface area contributed by atoms with E-state index in [-0.39, 0.29) is 30.0 Å². The van der Waals surface area contributed by atoms with Gasteiger partial charge in [-0.2, -0.15) is 0 Å². The summed E-state index contributed by atoms with van der Waals surface area (Å²) in [4.78, 5) is 28.4. The molecular weight excluding hydrogens is 354 g/mol. The van der Waals surface area contributed by atoms with Crippen LogP contribution in [0.15, 0.2) is 42.5 Å². The molecule has 26 heavy (non-hydrogen) atoms. The number of benzene rings is 2. The molecule has 2 aromatic rings. The summed E-state index contributed by atoms with van der Waals surface area (Å²) in [5.74, 6) is -0.454. The van der Waals surface area contributed by atoms with E-state index >= 15 is 0 Å². The number of halogens is 1. The van der Waals surface area contributed by atoms with Crippen LogP contribution in [-0.2, 0) is 11.3 Å². The van der Waals surface area contributed by atoms with Crippen molar-refractivity contribution in [1.29, 1.82) is 0 Å². The standard InChI is InChI=1S/C19H20ClN3O3/c1-12(25)22-9-13-4-2-3-5-18(13)23(10-15(22)11-24)19(26)16-7-6-14(21)8-17(16)20/h2-8,15,24H,9-11,21H2,1H3. The smallest absolute Gasteiger partial charge is 0.259 e. The molecule has 136 valence electrons. The van der Waals surface area contributed by atoms with Crippen molar-refractivity contribution in [2.24, 2.45) is 0 Å². The number of carbonyl (C=O) groups is 2. The van der Waals surface area contributed by atoms with Gasteiger partial charge in [-0.3, -0.25) is 9.59 Å². The summed E-state index contributed by atoms with van der Waals surface area (Å²) in [6.45, 7) is 1.72. The molecule has 0 aliphatic carbocycles. The monoisotopic (exact) mass is 373 g/mol. The maximum Gasteiger partial charge on any atom is 0.259 e. The second-order valence-electron chi connectivity index (χ2n) is 6.27. The van der Waals surface area contributed by atoms with Gasteiger partial charge in [-0.05, 0) is 29.8 Å². The molecule has 2 aromatic carbocycles. The quantitative estimate of drug-likeness (QED) is 0.791. The Bertz CT molecular complexity index is 856. The molecule has 3 rings (SSSR count). The number of nitrogens with two attached hydrogens (primary N) is 1. The summed E-state index contributed by atoms with van der Waals surface area (Å²) in [7, 11) is 0. The lowest BCUT2D eigenvalue weighted by Gasteiger charge is -2.30. The molecule has 2 amide bonds. The first-order valence-electron chi connectivity index (χ1n) is 8.25. The van der Waals surface area contributed by atoms with E-state index in [0.29, 0.717) is 23.5 Å². The van der Waals surface area contributed by atoms with Gasteiger partial charge in [0.15, 0.2) is 0 Å². The largest absolute Gasteiger partial charge is 0.399 e. The number of anilines is 2. The first-order valence-corrected chi connectivity index (χ1v) is 8.63. The van der Waals surface area contributed by atoms with Crippen LogP contribution in [0.5, 0.6) is 0 Å². The average Bonchev–Trinajstić information content (AvgIpc) is 2.78. The number of amides is 2. The van der Waals surface area contributed by atoms with Crippen molar-refractivity contribution in [3.63, 3.8) is 0 Å². The molecule has 0 radical (unpaired) electrons. The van der Waals surface area contributed by atoms with Crippen LogP contribution in [0, 0.1) is 0 Å². The zero-order valence-corrected chi connectivity index (χ0v) is 15.1. The fourth-order valence-corrected chi connectivity index (χ4v) is 3.47. The Hall–Kier alpha value is -2.57. The van der Waals surface area contributed by atoms with Crippen molar-refractivity contribution in [3.8, 4) is 0 Å². The van der Waals surface area contributed by atoms with Gasteiger partial charge in [-0.15, -0.1) is 0 Å². The van der Waals surface area contributed by atoms with Gasteiger partial charge in [-0.1, -0.05) is 29.8 Å². The summed E-state index contributed by atoms with van der Waals surface area (Å²) in [5.41, 5.74) is 8.04. The van der Waals surface area contributed by atoms with Crippen molar-refractivity contribution in [2.75, 3.05) is 23.8 Å². The summed E-state index contributed by atoms with van der Waals surface area (Å²) >= 11 is 6.22. The first kappa shape index (κ1) is 18.2. The highest BCUT2D eigenvalue weighted by Crippen LogP contribution is 2.30. The maximum absolute atomic E-state index is 13.2. The van der Waals surface area contributed by atoms with Gasteiger partial charge in [-0.25, -0.2) is 0 Å². The molecular formula is C19H20ClN3O3. The van der Waals surface area contributed by atoms with Crippen molar-refractivity contribution < 1.29 is 14.7 Å². The Kier molecular flexibility index (Phi) is 5.15. The molecule has 7 heteroatoms. The lowest BCUT2D eigenvalue weighted by Crippen LogP contribution is -2.47. The third-order valence-corrected chi connectivity index (χ3v) is 4.85. The Morgan fingerprint density at radius 3 is 2.65 bits per heavy atom. The van der Waals surface area contributed by atoms with Crippen molar-refractivity contribution in [1.82, 2.24) is 4.90 Å². The highest BCUT2D eigenvalue weighted by atomic mass is 35.5. The minimum Gasteiger partial charge on any atom is -0.399 e. The summed E-state index contributed by atoms with van der Waals surface area (Å²) in [6.07, 6.45) is 0. The molecule has 6 nitrogen and oxygen atoms in total. The highest BCUT2D eigenvalue weighted by molar-refractivity contribution is 6.34. The van der Waals surface area contributed by atoms with E-state index < -0.39 is 6.04 Å². The minimum absolute atomic E-state index is 0.154. The van der Waals surface area contributed by atoms with E-state index in [1.54, 1.807) is 21.9 Å². The molecule has 0 bridgehead atoms. The van der Waals surface area contributed by atoms with Crippen molar-refractivity contribution >= 4 is 34.8 Å². The summed E-state index contributed by atoms with van der Waals surface area (Å²) < 4.78 is 0. The molecule has 1 atom stereocenters. The van der Waals surface area contributed by atoms with E-state index in [4.69, 9.17) is 17.3 Å². The van der Waals surface area contributed by atoms with Gasteiger partial charge in [0.25, 0.3) is 5.91 Å². The molecule has 0 aromatic heterocycles. The molecule has 0 fully saturated rings. The van der Waals surface area contributed by atoms with E-state index in [1.807, 2.05) is 24.3 Å². The fourth-order valence-electron chi connectivity index (χ4n) is 3.20.